The second-order valence-corrected chi connectivity index (χ2v) is 6.01. The van der Waals surface area contributed by atoms with Gasteiger partial charge in [-0.2, -0.15) is 5.10 Å². The fourth-order valence-corrected chi connectivity index (χ4v) is 3.02. The maximum absolute atomic E-state index is 11.9. The summed E-state index contributed by atoms with van der Waals surface area (Å²) < 4.78 is 5.24. The van der Waals surface area contributed by atoms with Crippen LogP contribution in [-0.4, -0.2) is 41.3 Å². The predicted molar refractivity (Wildman–Crippen MR) is 103 cm³/mol. The van der Waals surface area contributed by atoms with E-state index in [1.165, 1.54) is 12.3 Å². The summed E-state index contributed by atoms with van der Waals surface area (Å²) in [6, 6.07) is 11.4. The molecule has 1 aromatic heterocycles. The lowest BCUT2D eigenvalue weighted by Gasteiger charge is -2.37. The Labute approximate surface area is 163 Å². The van der Waals surface area contributed by atoms with E-state index < -0.39 is 5.91 Å². The molecule has 27 heavy (non-hydrogen) atoms. The maximum atomic E-state index is 11.9. The molecule has 0 atom stereocenters. The summed E-state index contributed by atoms with van der Waals surface area (Å²) in [6.07, 6.45) is 3.26. The number of rotatable bonds is 2. The zero-order chi connectivity index (χ0) is 18.4. The molecule has 144 valence electrons. The number of piperidine rings is 1. The van der Waals surface area contributed by atoms with E-state index in [9.17, 15) is 9.59 Å². The molecule has 8 nitrogen and oxygen atoms in total. The van der Waals surface area contributed by atoms with Crippen molar-refractivity contribution in [3.63, 3.8) is 0 Å². The average Bonchev–Trinajstić information content (AvgIpc) is 2.70. The lowest BCUT2D eigenvalue weighted by molar-refractivity contribution is 0.0994. The van der Waals surface area contributed by atoms with Gasteiger partial charge in [-0.1, -0.05) is 18.2 Å². The number of amides is 2. The van der Waals surface area contributed by atoms with Crippen LogP contribution in [-0.2, 0) is 11.3 Å². The van der Waals surface area contributed by atoms with E-state index in [0.29, 0.717) is 6.61 Å². The summed E-state index contributed by atoms with van der Waals surface area (Å²) in [5.74, 6) is -0.553. The molecule has 0 radical (unpaired) electrons. The fraction of sp³-hybridized carbons (Fsp3) is 0.333. The Morgan fingerprint density at radius 1 is 1.19 bits per heavy atom. The van der Waals surface area contributed by atoms with Gasteiger partial charge in [0.05, 0.1) is 5.69 Å². The van der Waals surface area contributed by atoms with Crippen LogP contribution in [0.1, 0.15) is 28.9 Å². The first-order valence-corrected chi connectivity index (χ1v) is 8.49. The van der Waals surface area contributed by atoms with E-state index >= 15 is 0 Å². The number of primary amides is 1. The van der Waals surface area contributed by atoms with Crippen molar-refractivity contribution in [3.05, 3.63) is 53.9 Å². The highest BCUT2D eigenvalue weighted by Gasteiger charge is 2.32. The van der Waals surface area contributed by atoms with Crippen molar-refractivity contribution in [2.75, 3.05) is 18.0 Å². The minimum Gasteiger partial charge on any atom is -0.444 e. The van der Waals surface area contributed by atoms with E-state index in [0.717, 1.165) is 37.2 Å². The van der Waals surface area contributed by atoms with Crippen LogP contribution in [0.4, 0.5) is 10.5 Å². The van der Waals surface area contributed by atoms with Gasteiger partial charge in [0, 0.05) is 17.8 Å². The van der Waals surface area contributed by atoms with Crippen molar-refractivity contribution in [1.29, 1.82) is 0 Å². The Balaban J connectivity index is 0.000000224. The first kappa shape index (κ1) is 20.6. The summed E-state index contributed by atoms with van der Waals surface area (Å²) in [4.78, 5) is 24.1. The van der Waals surface area contributed by atoms with Crippen molar-refractivity contribution < 1.29 is 14.3 Å². The Bertz CT molecular complexity index is 769. The molecule has 1 fully saturated rings. The van der Waals surface area contributed by atoms with Gasteiger partial charge in [-0.15, -0.1) is 17.5 Å². The van der Waals surface area contributed by atoms with Gasteiger partial charge in [0.1, 0.15) is 6.61 Å². The third kappa shape index (κ3) is 5.15. The number of hydrogen-bond acceptors (Lipinski definition) is 6. The topological polar surface area (TPSA) is 110 Å². The number of ether oxygens (including phenoxy) is 1. The summed E-state index contributed by atoms with van der Waals surface area (Å²) >= 11 is 0. The van der Waals surface area contributed by atoms with E-state index in [1.54, 1.807) is 6.07 Å². The number of anilines is 1. The summed E-state index contributed by atoms with van der Waals surface area (Å²) in [6.45, 7) is 2.34. The quantitative estimate of drug-likeness (QED) is 0.808. The molecule has 9 heteroatoms. The number of hydrogen-bond donors (Lipinski definition) is 2. The zero-order valence-electron chi connectivity index (χ0n) is 14.7. The predicted octanol–water partition coefficient (Wildman–Crippen LogP) is 1.89. The molecule has 0 aliphatic carbocycles. The molecule has 1 saturated heterocycles. The van der Waals surface area contributed by atoms with Gasteiger partial charge in [0.2, 0.25) is 0 Å². The molecule has 2 aromatic rings. The Morgan fingerprint density at radius 3 is 2.56 bits per heavy atom. The van der Waals surface area contributed by atoms with E-state index in [-0.39, 0.29) is 30.2 Å². The summed E-state index contributed by atoms with van der Waals surface area (Å²) in [5.41, 5.74) is 7.19. The molecule has 3 heterocycles. The third-order valence-electron chi connectivity index (χ3n) is 4.30. The second kappa shape index (κ2) is 9.84. The normalized spacial score (nSPS) is 16.1. The van der Waals surface area contributed by atoms with Crippen LogP contribution in [0.3, 0.4) is 0 Å². The minimum absolute atomic E-state index is 0. The van der Waals surface area contributed by atoms with Crippen molar-refractivity contribution >= 4 is 30.1 Å². The number of cyclic esters (lactones) is 1. The number of benzene rings is 1. The lowest BCUT2D eigenvalue weighted by Crippen LogP contribution is -2.48. The second-order valence-electron chi connectivity index (χ2n) is 6.01. The van der Waals surface area contributed by atoms with Crippen LogP contribution in [0.5, 0.6) is 0 Å². The van der Waals surface area contributed by atoms with E-state index in [4.69, 9.17) is 10.5 Å². The van der Waals surface area contributed by atoms with Crippen LogP contribution in [0, 0.1) is 0 Å². The number of halogens is 1. The Kier molecular flexibility index (Phi) is 7.51. The standard InChI is InChI=1S/C13H16N2O2.C5H5N3O.ClH/c16-13-15(11-5-7-14-8-6-11)12-4-2-1-3-10(12)9-17-13;6-5(9)4-2-1-3-7-8-4;/h1-4,11,14H,5-9H2;1-3H,(H2,6,9);1H. The number of carbonyl (C=O) groups is 2. The van der Waals surface area contributed by atoms with E-state index in [2.05, 4.69) is 15.5 Å². The smallest absolute Gasteiger partial charge is 0.414 e. The van der Waals surface area contributed by atoms with Gasteiger partial charge < -0.3 is 15.8 Å². The van der Waals surface area contributed by atoms with Gasteiger partial charge in [-0.3, -0.25) is 9.69 Å². The number of para-hydroxylation sites is 1. The molecular weight excluding hydrogens is 370 g/mol. The first-order valence-electron chi connectivity index (χ1n) is 8.49. The largest absolute Gasteiger partial charge is 0.444 e. The molecule has 1 aromatic carbocycles. The third-order valence-corrected chi connectivity index (χ3v) is 4.30. The molecule has 0 bridgehead atoms. The average molecular weight is 392 g/mol. The van der Waals surface area contributed by atoms with Gasteiger partial charge in [-0.05, 0) is 44.1 Å². The molecular formula is C18H22ClN5O3. The van der Waals surface area contributed by atoms with Gasteiger partial charge >= 0.3 is 6.09 Å². The number of fused-ring (bicyclic) bond motifs is 1. The lowest BCUT2D eigenvalue weighted by atomic mass is 10.0. The van der Waals surface area contributed by atoms with Gasteiger partial charge in [0.25, 0.3) is 5.91 Å². The number of nitrogens with one attached hydrogen (secondary N) is 1. The van der Waals surface area contributed by atoms with Crippen LogP contribution in [0.25, 0.3) is 0 Å². The SMILES string of the molecule is Cl.NC(=O)c1cccnn1.O=C1OCc2ccccc2N1C1CCNCC1. The number of carbonyl (C=O) groups excluding carboxylic acids is 2. The van der Waals surface area contributed by atoms with Crippen molar-refractivity contribution in [1.82, 2.24) is 15.5 Å². The molecule has 3 N–H and O–H groups in total. The fourth-order valence-electron chi connectivity index (χ4n) is 3.02. The molecule has 0 unspecified atom stereocenters. The summed E-state index contributed by atoms with van der Waals surface area (Å²) in [7, 11) is 0. The highest BCUT2D eigenvalue weighted by molar-refractivity contribution is 5.91. The number of nitrogens with two attached hydrogens (primary N) is 1. The first-order chi connectivity index (χ1) is 12.7. The monoisotopic (exact) mass is 391 g/mol. The maximum Gasteiger partial charge on any atom is 0.414 e. The highest BCUT2D eigenvalue weighted by atomic mass is 35.5. The Morgan fingerprint density at radius 2 is 1.93 bits per heavy atom. The van der Waals surface area contributed by atoms with Crippen LogP contribution in [0.2, 0.25) is 0 Å². The van der Waals surface area contributed by atoms with Gasteiger partial charge in [-0.25, -0.2) is 4.79 Å². The van der Waals surface area contributed by atoms with Crippen LogP contribution >= 0.6 is 12.4 Å². The van der Waals surface area contributed by atoms with Crippen LogP contribution in [0.15, 0.2) is 42.6 Å². The minimum atomic E-state index is -0.553. The molecule has 2 aliphatic rings. The summed E-state index contributed by atoms with van der Waals surface area (Å²) in [5, 5.41) is 10.2. The molecule has 0 saturated carbocycles. The molecule has 2 aliphatic heterocycles. The zero-order valence-corrected chi connectivity index (χ0v) is 15.5. The molecule has 4 rings (SSSR count). The van der Waals surface area contributed by atoms with Crippen molar-refractivity contribution in [2.45, 2.75) is 25.5 Å². The van der Waals surface area contributed by atoms with Crippen molar-refractivity contribution in [3.8, 4) is 0 Å². The molecule has 0 spiro atoms. The molecule has 2 amide bonds. The number of aromatic nitrogens is 2. The number of nitrogens with zero attached hydrogens (tertiary/aromatic N) is 3. The van der Waals surface area contributed by atoms with E-state index in [1.807, 2.05) is 29.2 Å². The highest BCUT2D eigenvalue weighted by Crippen LogP contribution is 2.30. The van der Waals surface area contributed by atoms with Crippen LogP contribution < -0.4 is 16.0 Å². The van der Waals surface area contributed by atoms with Crippen molar-refractivity contribution in [2.24, 2.45) is 5.73 Å². The Hall–Kier alpha value is -2.71. The van der Waals surface area contributed by atoms with Gasteiger partial charge in [0.15, 0.2) is 5.69 Å².